The Labute approximate surface area is 458 Å². The second kappa shape index (κ2) is 53.1. The van der Waals surface area contributed by atoms with Crippen LogP contribution in [-0.2, 0) is 23.8 Å². The topological polar surface area (TPSA) is 175 Å². The molecule has 1 rings (SSSR count). The fourth-order valence-corrected chi connectivity index (χ4v) is 9.19. The SMILES string of the molecule is CC/C=C/CC/C=C/CC/C=C/C(O)C(COC1OC(CO)C(O)C(O)C1O)NC(=O)CCCCCCCCCCCCCCCC/C=C\C/C=C\CCOC(=O)CCCCCCC/C=C\CCCCCCCCC. The van der Waals surface area contributed by atoms with Crippen LogP contribution in [0.15, 0.2) is 72.9 Å². The summed E-state index contributed by atoms with van der Waals surface area (Å²) in [5.74, 6) is -0.263. The van der Waals surface area contributed by atoms with E-state index in [0.717, 1.165) is 89.9 Å². The van der Waals surface area contributed by atoms with Crippen LogP contribution < -0.4 is 5.32 Å². The molecule has 0 aliphatic carbocycles. The molecule has 0 spiro atoms. The Morgan fingerprint density at radius 3 is 1.47 bits per heavy atom. The van der Waals surface area contributed by atoms with Gasteiger partial charge in [0.1, 0.15) is 24.4 Å². The summed E-state index contributed by atoms with van der Waals surface area (Å²) in [6.45, 7) is 4.07. The van der Waals surface area contributed by atoms with Crippen LogP contribution in [0.5, 0.6) is 0 Å². The zero-order chi connectivity index (χ0) is 54.5. The first kappa shape index (κ1) is 70.1. The van der Waals surface area contributed by atoms with Crippen molar-refractivity contribution >= 4 is 11.9 Å². The van der Waals surface area contributed by atoms with Crippen LogP contribution in [-0.4, -0.2) is 100 Å². The summed E-state index contributed by atoms with van der Waals surface area (Å²) in [5, 5.41) is 54.2. The monoisotopic (exact) mass is 1060 g/mol. The molecule has 0 aromatic carbocycles. The fourth-order valence-electron chi connectivity index (χ4n) is 9.19. The molecular weight excluding hydrogens is 943 g/mol. The van der Waals surface area contributed by atoms with Crippen molar-refractivity contribution in [3.8, 4) is 0 Å². The Hall–Kier alpha value is -2.90. The standard InChI is InChI=1S/C64H113NO10/c1-3-5-7-9-11-13-15-16-17-26-29-32-36-40-44-48-52-60(69)73-53-49-45-41-37-33-30-27-24-22-20-18-19-21-23-25-28-31-35-39-43-47-51-59(68)65-56(55-74-64-63(72)62(71)61(70)58(54-66)75-64)57(67)50-46-42-38-34-14-12-10-8-6-4-2/h6,8,14,17,26,30,33-34,41,45-46,50,56-58,61-64,66-67,70-72H,3-5,7,9-13,15-16,18-25,27-29,31-32,35-40,42-44,47-49,51-55H2,1-2H3,(H,65,68)/b8-6+,26-17-,33-30-,34-14+,45-41-,50-46+. The number of ether oxygens (including phenoxy) is 3. The van der Waals surface area contributed by atoms with Crippen LogP contribution in [0.4, 0.5) is 0 Å². The Bertz CT molecular complexity index is 1470. The molecule has 6 N–H and O–H groups in total. The number of esters is 1. The number of aliphatic hydroxyl groups excluding tert-OH is 5. The predicted molar refractivity (Wildman–Crippen MR) is 310 cm³/mol. The van der Waals surface area contributed by atoms with Gasteiger partial charge in [-0.05, 0) is 96.3 Å². The van der Waals surface area contributed by atoms with Gasteiger partial charge in [-0.1, -0.05) is 222 Å². The van der Waals surface area contributed by atoms with E-state index in [4.69, 9.17) is 14.2 Å². The zero-order valence-electron chi connectivity index (χ0n) is 47.7. The summed E-state index contributed by atoms with van der Waals surface area (Å²) >= 11 is 0. The molecule has 0 radical (unpaired) electrons. The highest BCUT2D eigenvalue weighted by Crippen LogP contribution is 2.23. The molecule has 7 unspecified atom stereocenters. The Balaban J connectivity index is 2.04. The van der Waals surface area contributed by atoms with E-state index in [2.05, 4.69) is 79.9 Å². The minimum atomic E-state index is -1.58. The second-order valence-electron chi connectivity index (χ2n) is 21.0. The first-order valence-corrected chi connectivity index (χ1v) is 30.7. The number of nitrogens with one attached hydrogen (secondary N) is 1. The molecule has 0 aromatic heterocycles. The molecule has 1 fully saturated rings. The number of allylic oxidation sites excluding steroid dienone is 10. The third kappa shape index (κ3) is 42.8. The van der Waals surface area contributed by atoms with Gasteiger partial charge in [0.05, 0.1) is 32.0 Å². The lowest BCUT2D eigenvalue weighted by atomic mass is 9.99. The number of carbonyl (C=O) groups excluding carboxylic acids is 2. The molecule has 434 valence electrons. The van der Waals surface area contributed by atoms with Gasteiger partial charge in [0.2, 0.25) is 5.91 Å². The molecule has 11 heteroatoms. The molecule has 1 heterocycles. The van der Waals surface area contributed by atoms with Crippen molar-refractivity contribution in [3.63, 3.8) is 0 Å². The van der Waals surface area contributed by atoms with Gasteiger partial charge in [-0.15, -0.1) is 0 Å². The van der Waals surface area contributed by atoms with Crippen molar-refractivity contribution in [3.05, 3.63) is 72.9 Å². The Kier molecular flexibility index (Phi) is 49.7. The van der Waals surface area contributed by atoms with Gasteiger partial charge < -0.3 is 45.1 Å². The van der Waals surface area contributed by atoms with E-state index in [-0.39, 0.29) is 18.5 Å². The summed E-state index contributed by atoms with van der Waals surface area (Å²) in [6, 6.07) is -0.839. The molecule has 75 heavy (non-hydrogen) atoms. The normalized spacial score (nSPS) is 19.3. The van der Waals surface area contributed by atoms with E-state index in [1.54, 1.807) is 6.08 Å². The van der Waals surface area contributed by atoms with E-state index < -0.39 is 49.5 Å². The van der Waals surface area contributed by atoms with E-state index in [1.807, 2.05) is 6.08 Å². The molecule has 0 bridgehead atoms. The highest BCUT2D eigenvalue weighted by atomic mass is 16.7. The van der Waals surface area contributed by atoms with Crippen LogP contribution in [0.25, 0.3) is 0 Å². The smallest absolute Gasteiger partial charge is 0.305 e. The van der Waals surface area contributed by atoms with Gasteiger partial charge in [-0.3, -0.25) is 9.59 Å². The average molecular weight is 1060 g/mol. The van der Waals surface area contributed by atoms with Gasteiger partial charge >= 0.3 is 5.97 Å². The summed E-state index contributed by atoms with van der Waals surface area (Å²) in [5.41, 5.74) is 0. The highest BCUT2D eigenvalue weighted by molar-refractivity contribution is 5.76. The summed E-state index contributed by atoms with van der Waals surface area (Å²) in [6.07, 6.45) is 60.3. The van der Waals surface area contributed by atoms with Crippen molar-refractivity contribution < 1.29 is 49.3 Å². The maximum atomic E-state index is 13.0. The van der Waals surface area contributed by atoms with Crippen LogP contribution in [0.3, 0.4) is 0 Å². The van der Waals surface area contributed by atoms with Gasteiger partial charge in [0.25, 0.3) is 0 Å². The number of aliphatic hydroxyl groups is 5. The maximum Gasteiger partial charge on any atom is 0.305 e. The molecule has 0 saturated carbocycles. The molecule has 1 aliphatic rings. The molecule has 0 aromatic rings. The molecule has 11 nitrogen and oxygen atoms in total. The Morgan fingerprint density at radius 2 is 0.947 bits per heavy atom. The summed E-state index contributed by atoms with van der Waals surface area (Å²) < 4.78 is 16.6. The summed E-state index contributed by atoms with van der Waals surface area (Å²) in [7, 11) is 0. The summed E-state index contributed by atoms with van der Waals surface area (Å²) in [4.78, 5) is 25.0. The third-order valence-corrected chi connectivity index (χ3v) is 14.0. The maximum absolute atomic E-state index is 13.0. The highest BCUT2D eigenvalue weighted by Gasteiger charge is 2.44. The van der Waals surface area contributed by atoms with Crippen LogP contribution in [0.2, 0.25) is 0 Å². The zero-order valence-corrected chi connectivity index (χ0v) is 47.7. The average Bonchev–Trinajstić information content (AvgIpc) is 3.41. The van der Waals surface area contributed by atoms with E-state index in [0.29, 0.717) is 19.4 Å². The van der Waals surface area contributed by atoms with Crippen molar-refractivity contribution in [2.75, 3.05) is 19.8 Å². The number of hydrogen-bond donors (Lipinski definition) is 6. The number of unbranched alkanes of at least 4 members (excludes halogenated alkanes) is 28. The lowest BCUT2D eigenvalue weighted by molar-refractivity contribution is -0.302. The quantitative estimate of drug-likeness (QED) is 0.0195. The van der Waals surface area contributed by atoms with E-state index in [1.165, 1.54) is 141 Å². The molecule has 7 atom stereocenters. The first-order chi connectivity index (χ1) is 36.7. The van der Waals surface area contributed by atoms with Crippen molar-refractivity contribution in [2.45, 2.75) is 301 Å². The van der Waals surface area contributed by atoms with Gasteiger partial charge in [-0.25, -0.2) is 0 Å². The lowest BCUT2D eigenvalue weighted by Crippen LogP contribution is -2.60. The fraction of sp³-hybridized carbons (Fsp3) is 0.781. The predicted octanol–water partition coefficient (Wildman–Crippen LogP) is 14.4. The minimum absolute atomic E-state index is 0.0576. The second-order valence-corrected chi connectivity index (χ2v) is 21.0. The number of amides is 1. The molecular formula is C64H113NO10. The lowest BCUT2D eigenvalue weighted by Gasteiger charge is -2.40. The molecule has 1 amide bonds. The van der Waals surface area contributed by atoms with Gasteiger partial charge in [-0.2, -0.15) is 0 Å². The van der Waals surface area contributed by atoms with Gasteiger partial charge in [0.15, 0.2) is 6.29 Å². The van der Waals surface area contributed by atoms with Crippen molar-refractivity contribution in [2.24, 2.45) is 0 Å². The molecule has 1 aliphatic heterocycles. The number of hydrogen-bond acceptors (Lipinski definition) is 10. The third-order valence-electron chi connectivity index (χ3n) is 14.0. The largest absolute Gasteiger partial charge is 0.465 e. The van der Waals surface area contributed by atoms with Crippen molar-refractivity contribution in [1.82, 2.24) is 5.32 Å². The van der Waals surface area contributed by atoms with Crippen LogP contribution >= 0.6 is 0 Å². The number of rotatable bonds is 52. The van der Waals surface area contributed by atoms with E-state index >= 15 is 0 Å². The number of carbonyl (C=O) groups is 2. The van der Waals surface area contributed by atoms with Crippen LogP contribution in [0.1, 0.15) is 258 Å². The Morgan fingerprint density at radius 1 is 0.507 bits per heavy atom. The van der Waals surface area contributed by atoms with Crippen molar-refractivity contribution in [1.29, 1.82) is 0 Å². The van der Waals surface area contributed by atoms with Gasteiger partial charge in [0, 0.05) is 12.8 Å². The molecule has 1 saturated heterocycles. The first-order valence-electron chi connectivity index (χ1n) is 30.7. The van der Waals surface area contributed by atoms with E-state index in [9.17, 15) is 35.1 Å². The van der Waals surface area contributed by atoms with Crippen LogP contribution in [0, 0.1) is 0 Å². The minimum Gasteiger partial charge on any atom is -0.465 e.